The average molecular weight is 388 g/mol. The molecule has 1 aliphatic heterocycles. The summed E-state index contributed by atoms with van der Waals surface area (Å²) in [6, 6.07) is 0.791. The number of carbonyl (C=O) groups is 2. The van der Waals surface area contributed by atoms with Crippen LogP contribution in [-0.4, -0.2) is 46.6 Å². The van der Waals surface area contributed by atoms with E-state index in [4.69, 9.17) is 32.7 Å². The fourth-order valence-electron chi connectivity index (χ4n) is 2.18. The van der Waals surface area contributed by atoms with Crippen LogP contribution in [-0.2, 0) is 14.3 Å². The molecule has 0 aromatic heterocycles. The van der Waals surface area contributed by atoms with Gasteiger partial charge in [0.2, 0.25) is 6.04 Å². The number of nitrogens with zero attached hydrogens (tertiary/aromatic N) is 1. The molecule has 0 saturated carbocycles. The van der Waals surface area contributed by atoms with Crippen molar-refractivity contribution in [2.24, 2.45) is 4.99 Å². The number of carboxylic acids is 1. The Morgan fingerprint density at radius 3 is 2.52 bits per heavy atom. The van der Waals surface area contributed by atoms with E-state index in [9.17, 15) is 19.8 Å². The Balaban J connectivity index is 2.46. The molecule has 0 bridgehead atoms. The second kappa shape index (κ2) is 7.76. The first-order valence-corrected chi connectivity index (χ1v) is 8.05. The van der Waals surface area contributed by atoms with E-state index in [0.29, 0.717) is 6.42 Å². The van der Waals surface area contributed by atoms with Gasteiger partial charge in [0.05, 0.1) is 16.7 Å². The maximum Gasteiger partial charge on any atom is 0.355 e. The summed E-state index contributed by atoms with van der Waals surface area (Å²) in [5.41, 5.74) is -2.19. The fourth-order valence-corrected chi connectivity index (χ4v) is 2.73. The summed E-state index contributed by atoms with van der Waals surface area (Å²) in [4.78, 5) is 28.1. The monoisotopic (exact) mass is 387 g/mol. The van der Waals surface area contributed by atoms with Crippen molar-refractivity contribution >= 4 is 41.4 Å². The number of dihydropyridines is 1. The number of carbonyl (C=O) groups excluding carboxylic acids is 1. The van der Waals surface area contributed by atoms with Gasteiger partial charge < -0.3 is 19.7 Å². The van der Waals surface area contributed by atoms with Crippen LogP contribution in [0.1, 0.15) is 13.3 Å². The molecule has 134 valence electrons. The van der Waals surface area contributed by atoms with Crippen LogP contribution in [0.3, 0.4) is 0 Å². The van der Waals surface area contributed by atoms with E-state index in [1.807, 2.05) is 0 Å². The zero-order valence-electron chi connectivity index (χ0n) is 13.1. The molecule has 0 fully saturated rings. The van der Waals surface area contributed by atoms with Crippen molar-refractivity contribution < 1.29 is 29.3 Å². The van der Waals surface area contributed by atoms with Gasteiger partial charge in [-0.2, -0.15) is 0 Å². The normalized spacial score (nSPS) is 21.8. The molecular formula is C16H15Cl2NO6. The van der Waals surface area contributed by atoms with Crippen LogP contribution in [0.2, 0.25) is 10.0 Å². The number of aliphatic carboxylic acids is 1. The number of esters is 1. The number of ether oxygens (including phenoxy) is 2. The minimum atomic E-state index is -2.19. The lowest BCUT2D eigenvalue weighted by Crippen LogP contribution is -2.56. The molecule has 2 rings (SSSR count). The smallest absolute Gasteiger partial charge is 0.355 e. The van der Waals surface area contributed by atoms with Crippen LogP contribution in [0.5, 0.6) is 11.5 Å². The number of carboxylic acid groups (broad SMARTS) is 1. The number of hydrogen-bond donors (Lipinski definition) is 2. The number of phenolic OH excluding ortho intramolecular Hbond substituents is 1. The maximum absolute atomic E-state index is 12.3. The predicted molar refractivity (Wildman–Crippen MR) is 91.8 cm³/mol. The van der Waals surface area contributed by atoms with E-state index in [1.54, 1.807) is 6.92 Å². The third-order valence-electron chi connectivity index (χ3n) is 3.33. The lowest BCUT2D eigenvalue weighted by Gasteiger charge is -2.33. The van der Waals surface area contributed by atoms with Gasteiger partial charge in [-0.25, -0.2) is 9.59 Å². The topological polar surface area (TPSA) is 105 Å². The van der Waals surface area contributed by atoms with Crippen molar-refractivity contribution in [2.45, 2.75) is 25.0 Å². The number of aromatic hydroxyl groups is 1. The third kappa shape index (κ3) is 3.88. The molecule has 0 aliphatic carbocycles. The maximum atomic E-state index is 12.3. The van der Waals surface area contributed by atoms with Gasteiger partial charge in [0.25, 0.3) is 5.60 Å². The van der Waals surface area contributed by atoms with Crippen molar-refractivity contribution in [1.29, 1.82) is 0 Å². The van der Waals surface area contributed by atoms with Gasteiger partial charge in [0.15, 0.2) is 5.75 Å². The molecule has 9 heteroatoms. The van der Waals surface area contributed by atoms with Gasteiger partial charge >= 0.3 is 11.9 Å². The number of hydrogen-bond acceptors (Lipinski definition) is 6. The second-order valence-electron chi connectivity index (χ2n) is 5.17. The molecule has 25 heavy (non-hydrogen) atoms. The minimum Gasteiger partial charge on any atom is -0.508 e. The first-order valence-electron chi connectivity index (χ1n) is 7.30. The average Bonchev–Trinajstić information content (AvgIpc) is 2.56. The van der Waals surface area contributed by atoms with Gasteiger partial charge in [-0.05, 0) is 18.6 Å². The zero-order valence-corrected chi connectivity index (χ0v) is 14.6. The number of phenols is 1. The van der Waals surface area contributed by atoms with E-state index in [2.05, 4.69) is 4.99 Å². The van der Waals surface area contributed by atoms with Crippen LogP contribution in [0.25, 0.3) is 0 Å². The van der Waals surface area contributed by atoms with Gasteiger partial charge in [0.1, 0.15) is 5.75 Å². The molecule has 1 heterocycles. The Hall–Kier alpha value is -2.25. The molecule has 0 radical (unpaired) electrons. The van der Waals surface area contributed by atoms with Gasteiger partial charge in [-0.3, -0.25) is 4.99 Å². The van der Waals surface area contributed by atoms with Crippen molar-refractivity contribution in [1.82, 2.24) is 0 Å². The molecule has 7 nitrogen and oxygen atoms in total. The van der Waals surface area contributed by atoms with E-state index in [1.165, 1.54) is 18.4 Å². The second-order valence-corrected chi connectivity index (χ2v) is 5.98. The Bertz CT molecular complexity index is 725. The molecule has 0 spiro atoms. The zero-order chi connectivity index (χ0) is 18.6. The van der Waals surface area contributed by atoms with Crippen LogP contribution in [0.15, 0.2) is 29.3 Å². The first-order chi connectivity index (χ1) is 11.8. The summed E-state index contributed by atoms with van der Waals surface area (Å²) in [5, 5.41) is 19.0. The first kappa shape index (κ1) is 19.1. The Kier molecular flexibility index (Phi) is 5.92. The summed E-state index contributed by atoms with van der Waals surface area (Å²) in [6.45, 7) is 1.92. The van der Waals surface area contributed by atoms with E-state index < -0.39 is 23.6 Å². The lowest BCUT2D eigenvalue weighted by molar-refractivity contribution is -0.162. The van der Waals surface area contributed by atoms with E-state index in [0.717, 1.165) is 12.1 Å². The highest BCUT2D eigenvalue weighted by atomic mass is 35.5. The molecule has 1 aromatic rings. The molecule has 0 saturated heterocycles. The standard InChI is InChI=1S/C16H15Cl2NO6/c1-2-6-24-14(21)13-16(15(22)23,4-3-5-19-13)25-12-10(17)7-9(20)8-11(12)18/h3-5,7-8,13,20H,2,6H2,1H3,(H,22,23). The van der Waals surface area contributed by atoms with Gasteiger partial charge in [0, 0.05) is 18.3 Å². The number of halogens is 2. The molecule has 2 N–H and O–H groups in total. The summed E-state index contributed by atoms with van der Waals surface area (Å²) in [7, 11) is 0. The Morgan fingerprint density at radius 2 is 1.96 bits per heavy atom. The van der Waals surface area contributed by atoms with E-state index in [-0.39, 0.29) is 28.2 Å². The van der Waals surface area contributed by atoms with Gasteiger partial charge in [-0.1, -0.05) is 30.1 Å². The van der Waals surface area contributed by atoms with Crippen LogP contribution in [0, 0.1) is 0 Å². The predicted octanol–water partition coefficient (Wildman–Crippen LogP) is 2.86. The van der Waals surface area contributed by atoms with Crippen LogP contribution in [0.4, 0.5) is 0 Å². The number of allylic oxidation sites excluding steroid dienone is 1. The third-order valence-corrected chi connectivity index (χ3v) is 3.89. The summed E-state index contributed by atoms with van der Waals surface area (Å²) >= 11 is 12.0. The van der Waals surface area contributed by atoms with Crippen molar-refractivity contribution in [3.05, 3.63) is 34.3 Å². The minimum absolute atomic E-state index is 0.116. The van der Waals surface area contributed by atoms with Crippen molar-refractivity contribution in [3.63, 3.8) is 0 Å². The number of rotatable bonds is 6. The largest absolute Gasteiger partial charge is 0.508 e. The van der Waals surface area contributed by atoms with Crippen LogP contribution < -0.4 is 4.74 Å². The number of aliphatic imine (C=N–C) groups is 1. The summed E-state index contributed by atoms with van der Waals surface area (Å²) in [5.74, 6) is -2.74. The molecule has 2 unspecified atom stereocenters. The quantitative estimate of drug-likeness (QED) is 0.726. The fraction of sp³-hybridized carbons (Fsp3) is 0.312. The Morgan fingerprint density at radius 1 is 1.32 bits per heavy atom. The van der Waals surface area contributed by atoms with Crippen molar-refractivity contribution in [2.75, 3.05) is 6.61 Å². The SMILES string of the molecule is CCCOC(=O)C1N=CC=CC1(Oc1c(Cl)cc(O)cc1Cl)C(=O)O. The summed E-state index contributed by atoms with van der Waals surface area (Å²) < 4.78 is 10.6. The van der Waals surface area contributed by atoms with E-state index >= 15 is 0 Å². The molecule has 1 aliphatic rings. The van der Waals surface area contributed by atoms with Crippen LogP contribution >= 0.6 is 23.2 Å². The summed E-state index contributed by atoms with van der Waals surface area (Å²) in [6.07, 6.45) is 4.34. The highest BCUT2D eigenvalue weighted by molar-refractivity contribution is 6.37. The molecule has 2 atom stereocenters. The van der Waals surface area contributed by atoms with Crippen molar-refractivity contribution in [3.8, 4) is 11.5 Å². The number of benzene rings is 1. The molecule has 0 amide bonds. The molecular weight excluding hydrogens is 373 g/mol. The lowest BCUT2D eigenvalue weighted by atomic mass is 9.91. The van der Waals surface area contributed by atoms with Gasteiger partial charge in [-0.15, -0.1) is 0 Å². The Labute approximate surface area is 153 Å². The highest BCUT2D eigenvalue weighted by Gasteiger charge is 2.53. The highest BCUT2D eigenvalue weighted by Crippen LogP contribution is 2.40. The molecule has 1 aromatic carbocycles.